The Balaban J connectivity index is 1.09. The van der Waals surface area contributed by atoms with E-state index in [0.717, 1.165) is 55.7 Å². The van der Waals surface area contributed by atoms with Gasteiger partial charge in [-0.2, -0.15) is 0 Å². The molecule has 54 heavy (non-hydrogen) atoms. The zero-order valence-electron chi connectivity index (χ0n) is 31.6. The lowest BCUT2D eigenvalue weighted by Crippen LogP contribution is -2.49. The lowest BCUT2D eigenvalue weighted by atomic mass is 9.78. The van der Waals surface area contributed by atoms with Gasteiger partial charge < -0.3 is 34.7 Å². The first-order valence-corrected chi connectivity index (χ1v) is 19.3. The fraction of sp³-hybridized carbons (Fsp3) is 0.561. The number of nitrogens with zero attached hydrogens (tertiary/aromatic N) is 2. The van der Waals surface area contributed by atoms with Gasteiger partial charge in [-0.3, -0.25) is 14.5 Å². The average molecular weight is 748 g/mol. The normalized spacial score (nSPS) is 22.8. The number of aromatic amines is 1. The Morgan fingerprint density at radius 3 is 2.41 bits per heavy atom. The molecular weight excluding hydrogens is 693 g/mol. The van der Waals surface area contributed by atoms with Crippen molar-refractivity contribution in [2.24, 2.45) is 11.8 Å². The van der Waals surface area contributed by atoms with Crippen LogP contribution in [0, 0.1) is 11.8 Å². The average Bonchev–Trinajstić information content (AvgIpc) is 3.81. The minimum atomic E-state index is -0.727. The molecule has 2 aliphatic heterocycles. The zero-order valence-corrected chi connectivity index (χ0v) is 31.6. The minimum absolute atomic E-state index is 0.0712. The third-order valence-electron chi connectivity index (χ3n) is 10.8. The van der Waals surface area contributed by atoms with Gasteiger partial charge in [-0.05, 0) is 95.0 Å². The van der Waals surface area contributed by atoms with Crippen LogP contribution in [0.4, 0.5) is 14.9 Å². The quantitative estimate of drug-likeness (QED) is 0.151. The third kappa shape index (κ3) is 9.97. The molecule has 1 aliphatic carbocycles. The molecule has 3 amide bonds. The van der Waals surface area contributed by atoms with Gasteiger partial charge in [0.1, 0.15) is 24.0 Å². The summed E-state index contributed by atoms with van der Waals surface area (Å²) in [6.45, 7) is 9.39. The van der Waals surface area contributed by atoms with Crippen LogP contribution in [0.2, 0.25) is 0 Å². The van der Waals surface area contributed by atoms with Crippen LogP contribution in [0.3, 0.4) is 0 Å². The van der Waals surface area contributed by atoms with Crippen LogP contribution in [0.15, 0.2) is 54.6 Å². The molecule has 12 nitrogen and oxygen atoms in total. The lowest BCUT2D eigenvalue weighted by molar-refractivity contribution is -0.141. The van der Waals surface area contributed by atoms with Gasteiger partial charge in [-0.15, -0.1) is 0 Å². The topological polar surface area (TPSA) is 142 Å². The molecule has 0 bridgehead atoms. The number of nitrogens with one attached hydrogen (secondary N) is 3. The van der Waals surface area contributed by atoms with Gasteiger partial charge in [0, 0.05) is 54.6 Å². The number of alkyl halides is 1. The van der Waals surface area contributed by atoms with Gasteiger partial charge >= 0.3 is 12.1 Å². The summed E-state index contributed by atoms with van der Waals surface area (Å²) in [5.74, 6) is -1.40. The molecule has 3 fully saturated rings. The summed E-state index contributed by atoms with van der Waals surface area (Å²) in [4.78, 5) is 60.7. The number of morpholine rings is 1. The van der Waals surface area contributed by atoms with E-state index in [1.807, 2.05) is 42.5 Å². The van der Waals surface area contributed by atoms with Crippen molar-refractivity contribution >= 4 is 40.5 Å². The maximum absolute atomic E-state index is 14.2. The Morgan fingerprint density at radius 1 is 0.963 bits per heavy atom. The molecule has 0 spiro atoms. The summed E-state index contributed by atoms with van der Waals surface area (Å²) in [6.07, 6.45) is 2.97. The maximum atomic E-state index is 14.2. The van der Waals surface area contributed by atoms with Gasteiger partial charge in [-0.1, -0.05) is 30.3 Å². The highest BCUT2D eigenvalue weighted by Crippen LogP contribution is 2.39. The molecule has 292 valence electrons. The second-order valence-electron chi connectivity index (χ2n) is 15.7. The predicted octanol–water partition coefficient (Wildman–Crippen LogP) is 6.04. The highest BCUT2D eigenvalue weighted by atomic mass is 19.1. The number of rotatable bonds is 12. The molecule has 13 heteroatoms. The number of carbonyl (C=O) groups excluding carboxylic acids is 4. The second-order valence-corrected chi connectivity index (χ2v) is 15.7. The van der Waals surface area contributed by atoms with E-state index in [2.05, 4.69) is 20.5 Å². The van der Waals surface area contributed by atoms with Crippen molar-refractivity contribution in [3.63, 3.8) is 0 Å². The van der Waals surface area contributed by atoms with E-state index >= 15 is 0 Å². The number of benzene rings is 2. The number of aromatic nitrogens is 1. The Bertz CT molecular complexity index is 1750. The second kappa shape index (κ2) is 17.8. The number of likely N-dealkylation sites (tertiary alicyclic amines) is 1. The predicted molar refractivity (Wildman–Crippen MR) is 203 cm³/mol. The first kappa shape index (κ1) is 39.2. The van der Waals surface area contributed by atoms with E-state index in [1.165, 1.54) is 0 Å². The van der Waals surface area contributed by atoms with Crippen LogP contribution in [-0.4, -0.2) is 109 Å². The molecule has 3 N–H and O–H groups in total. The van der Waals surface area contributed by atoms with Crippen LogP contribution >= 0.6 is 0 Å². The van der Waals surface area contributed by atoms with Crippen molar-refractivity contribution in [1.29, 1.82) is 0 Å². The minimum Gasteiger partial charge on any atom is -0.461 e. The fourth-order valence-electron chi connectivity index (χ4n) is 8.05. The molecule has 3 aliphatic rings. The van der Waals surface area contributed by atoms with Crippen LogP contribution in [0.1, 0.15) is 81.3 Å². The van der Waals surface area contributed by atoms with E-state index < -0.39 is 36.4 Å². The number of halogens is 1. The smallest absolute Gasteiger partial charge is 0.407 e. The molecule has 2 aromatic carbocycles. The largest absolute Gasteiger partial charge is 0.461 e. The number of H-pyrrole nitrogens is 1. The number of esters is 1. The molecule has 3 atom stereocenters. The number of fused-ring (bicyclic) bond motifs is 1. The van der Waals surface area contributed by atoms with Crippen LogP contribution in [0.5, 0.6) is 0 Å². The van der Waals surface area contributed by atoms with Gasteiger partial charge in [0.25, 0.3) is 0 Å². The maximum Gasteiger partial charge on any atom is 0.407 e. The van der Waals surface area contributed by atoms with Gasteiger partial charge in [-0.25, -0.2) is 14.0 Å². The summed E-state index contributed by atoms with van der Waals surface area (Å²) in [7, 11) is 0. The highest BCUT2D eigenvalue weighted by Gasteiger charge is 2.45. The highest BCUT2D eigenvalue weighted by molar-refractivity contribution is 6.01. The number of anilines is 1. The standard InChI is InChI=1S/C41H54FN5O7/c1-41(2,3)54-40(51)45-35(26-42)28-10-12-29(13-11-28)38(49)47-18-16-32(27-8-5-4-6-9-27)36(47)37(48)43-31-14-15-33-30(24-31)25-34(44-33)39(50)53-21-7-17-46-19-22-52-23-20-46/h4-6,8-9,14-15,24-25,28-29,32,35-36,44H,7,10-13,16-23,26H2,1-3H3,(H,43,48)(H,45,51)/t28?,29?,32-,35-,36-/m1/s1. The van der Waals surface area contributed by atoms with Gasteiger partial charge in [0.05, 0.1) is 25.9 Å². The lowest BCUT2D eigenvalue weighted by Gasteiger charge is -2.36. The van der Waals surface area contributed by atoms with Crippen molar-refractivity contribution in [3.8, 4) is 0 Å². The SMILES string of the molecule is CC(C)(C)OC(=O)N[C@H](CF)C1CCC(C(=O)N2CC[C@H](c3ccccc3)[C@@H]2C(=O)Nc2ccc3[nH]c(C(=O)OCCCN4CCOCC4)cc3c2)CC1. The molecule has 2 saturated heterocycles. The number of ether oxygens (including phenoxy) is 3. The van der Waals surface area contributed by atoms with Crippen molar-refractivity contribution in [2.75, 3.05) is 58.0 Å². The first-order chi connectivity index (χ1) is 26.0. The Morgan fingerprint density at radius 2 is 1.70 bits per heavy atom. The summed E-state index contributed by atoms with van der Waals surface area (Å²) in [5, 5.41) is 6.50. The summed E-state index contributed by atoms with van der Waals surface area (Å²) < 4.78 is 30.3. The molecule has 3 aromatic rings. The summed E-state index contributed by atoms with van der Waals surface area (Å²) in [5.41, 5.74) is 1.93. The zero-order chi connectivity index (χ0) is 38.2. The molecule has 0 radical (unpaired) electrons. The molecule has 3 heterocycles. The molecular formula is C41H54FN5O7. The van der Waals surface area contributed by atoms with Crippen molar-refractivity contribution in [1.82, 2.24) is 20.1 Å². The number of carbonyl (C=O) groups is 4. The van der Waals surface area contributed by atoms with Gasteiger partial charge in [0.2, 0.25) is 11.8 Å². The Hall–Kier alpha value is -4.49. The van der Waals surface area contributed by atoms with Crippen LogP contribution in [-0.2, 0) is 23.8 Å². The third-order valence-corrected chi connectivity index (χ3v) is 10.8. The number of alkyl carbamates (subject to hydrolysis) is 1. The van der Waals surface area contributed by atoms with E-state index in [-0.39, 0.29) is 29.6 Å². The van der Waals surface area contributed by atoms with Crippen molar-refractivity contribution < 1.29 is 37.8 Å². The van der Waals surface area contributed by atoms with E-state index in [1.54, 1.807) is 37.8 Å². The fourth-order valence-corrected chi connectivity index (χ4v) is 8.05. The Labute approximate surface area is 316 Å². The number of hydrogen-bond donors (Lipinski definition) is 3. The Kier molecular flexibility index (Phi) is 12.9. The first-order valence-electron chi connectivity index (χ1n) is 19.3. The molecule has 0 unspecified atom stereocenters. The van der Waals surface area contributed by atoms with E-state index in [4.69, 9.17) is 14.2 Å². The van der Waals surface area contributed by atoms with Crippen molar-refractivity contribution in [2.45, 2.75) is 82.9 Å². The van der Waals surface area contributed by atoms with E-state index in [0.29, 0.717) is 56.6 Å². The monoisotopic (exact) mass is 747 g/mol. The van der Waals surface area contributed by atoms with Crippen LogP contribution in [0.25, 0.3) is 10.9 Å². The molecule has 1 aromatic heterocycles. The summed E-state index contributed by atoms with van der Waals surface area (Å²) >= 11 is 0. The van der Waals surface area contributed by atoms with E-state index in [9.17, 15) is 23.6 Å². The number of amides is 3. The number of hydrogen-bond acceptors (Lipinski definition) is 8. The molecule has 6 rings (SSSR count). The summed E-state index contributed by atoms with van der Waals surface area (Å²) in [6, 6.07) is 15.5. The van der Waals surface area contributed by atoms with Gasteiger partial charge in [0.15, 0.2) is 0 Å². The molecule has 1 saturated carbocycles. The van der Waals surface area contributed by atoms with Crippen LogP contribution < -0.4 is 10.6 Å². The van der Waals surface area contributed by atoms with Crippen molar-refractivity contribution in [3.05, 3.63) is 65.9 Å².